The Bertz CT molecular complexity index is 416. The van der Waals surface area contributed by atoms with Crippen molar-refractivity contribution in [3.63, 3.8) is 0 Å². The first-order valence-electron chi connectivity index (χ1n) is 7.08. The molecular formula is C16H25NO. The van der Waals surface area contributed by atoms with Crippen LogP contribution in [0.5, 0.6) is 5.75 Å². The molecule has 2 heteroatoms. The zero-order valence-electron chi connectivity index (χ0n) is 11.8. The lowest BCUT2D eigenvalue weighted by molar-refractivity contribution is 0.239. The Kier molecular flexibility index (Phi) is 3.96. The van der Waals surface area contributed by atoms with Crippen LogP contribution in [-0.2, 0) is 12.0 Å². The molecule has 2 atom stereocenters. The molecule has 0 spiro atoms. The Hall–Kier alpha value is -1.02. The predicted octanol–water partition coefficient (Wildman–Crippen LogP) is 3.62. The molecule has 2 N–H and O–H groups in total. The second kappa shape index (κ2) is 5.31. The Morgan fingerprint density at radius 1 is 1.44 bits per heavy atom. The summed E-state index contributed by atoms with van der Waals surface area (Å²) in [6.45, 7) is 4.52. The average molecular weight is 247 g/mol. The Balaban J connectivity index is 2.41. The Morgan fingerprint density at radius 2 is 2.22 bits per heavy atom. The number of hydrogen-bond donors (Lipinski definition) is 1. The van der Waals surface area contributed by atoms with Crippen LogP contribution in [0.3, 0.4) is 0 Å². The van der Waals surface area contributed by atoms with Crippen LogP contribution in [0.15, 0.2) is 18.2 Å². The molecule has 18 heavy (non-hydrogen) atoms. The minimum atomic E-state index is -0.169. The molecule has 0 bridgehead atoms. The van der Waals surface area contributed by atoms with Crippen molar-refractivity contribution < 1.29 is 4.74 Å². The van der Waals surface area contributed by atoms with Crippen molar-refractivity contribution in [3.8, 4) is 5.75 Å². The van der Waals surface area contributed by atoms with Gasteiger partial charge in [-0.3, -0.25) is 0 Å². The average Bonchev–Trinajstić information content (AvgIpc) is 2.39. The van der Waals surface area contributed by atoms with Crippen molar-refractivity contribution in [1.29, 1.82) is 0 Å². The van der Waals surface area contributed by atoms with E-state index in [2.05, 4.69) is 32.0 Å². The minimum Gasteiger partial charge on any atom is -0.497 e. The van der Waals surface area contributed by atoms with E-state index in [4.69, 9.17) is 10.5 Å². The summed E-state index contributed by atoms with van der Waals surface area (Å²) < 4.78 is 5.36. The molecule has 1 aromatic carbocycles. The van der Waals surface area contributed by atoms with Crippen molar-refractivity contribution in [2.75, 3.05) is 7.11 Å². The molecule has 100 valence electrons. The molecular weight excluding hydrogens is 222 g/mol. The van der Waals surface area contributed by atoms with E-state index in [1.54, 1.807) is 7.11 Å². The molecule has 2 rings (SSSR count). The zero-order valence-corrected chi connectivity index (χ0v) is 11.8. The van der Waals surface area contributed by atoms with Gasteiger partial charge in [0, 0.05) is 5.54 Å². The molecule has 0 aliphatic heterocycles. The number of rotatable bonds is 4. The first-order chi connectivity index (χ1) is 8.61. The molecule has 0 saturated carbocycles. The lowest BCUT2D eigenvalue weighted by atomic mass is 9.69. The van der Waals surface area contributed by atoms with E-state index in [9.17, 15) is 0 Å². The van der Waals surface area contributed by atoms with Gasteiger partial charge in [-0.15, -0.1) is 0 Å². The van der Waals surface area contributed by atoms with Crippen LogP contribution in [0.4, 0.5) is 0 Å². The number of nitrogens with two attached hydrogens (primary N) is 1. The van der Waals surface area contributed by atoms with Crippen LogP contribution in [0.25, 0.3) is 0 Å². The third-order valence-electron chi connectivity index (χ3n) is 4.46. The van der Waals surface area contributed by atoms with Crippen molar-refractivity contribution >= 4 is 0 Å². The lowest BCUT2D eigenvalue weighted by Gasteiger charge is -2.41. The third kappa shape index (κ3) is 2.26. The summed E-state index contributed by atoms with van der Waals surface area (Å²) in [6, 6.07) is 6.39. The fourth-order valence-electron chi connectivity index (χ4n) is 3.24. The van der Waals surface area contributed by atoms with Crippen LogP contribution in [0.1, 0.15) is 50.7 Å². The monoisotopic (exact) mass is 247 g/mol. The molecule has 0 radical (unpaired) electrons. The van der Waals surface area contributed by atoms with E-state index in [1.807, 2.05) is 0 Å². The van der Waals surface area contributed by atoms with Crippen molar-refractivity contribution in [2.24, 2.45) is 11.7 Å². The maximum absolute atomic E-state index is 6.77. The third-order valence-corrected chi connectivity index (χ3v) is 4.46. The Labute approximate surface area is 111 Å². The highest BCUT2D eigenvalue weighted by atomic mass is 16.5. The zero-order chi connectivity index (χ0) is 13.2. The smallest absolute Gasteiger partial charge is 0.119 e. The van der Waals surface area contributed by atoms with Gasteiger partial charge in [0.15, 0.2) is 0 Å². The second-order valence-corrected chi connectivity index (χ2v) is 5.61. The van der Waals surface area contributed by atoms with Gasteiger partial charge in [-0.2, -0.15) is 0 Å². The summed E-state index contributed by atoms with van der Waals surface area (Å²) in [5.41, 5.74) is 9.32. The van der Waals surface area contributed by atoms with E-state index in [-0.39, 0.29) is 5.54 Å². The number of hydrogen-bond acceptors (Lipinski definition) is 2. The van der Waals surface area contributed by atoms with Crippen LogP contribution in [0.2, 0.25) is 0 Å². The van der Waals surface area contributed by atoms with Crippen molar-refractivity contribution in [3.05, 3.63) is 29.3 Å². The van der Waals surface area contributed by atoms with E-state index in [0.29, 0.717) is 5.92 Å². The molecule has 2 unspecified atom stereocenters. The van der Waals surface area contributed by atoms with Crippen LogP contribution in [-0.4, -0.2) is 7.11 Å². The van der Waals surface area contributed by atoms with Gasteiger partial charge in [0.05, 0.1) is 7.11 Å². The molecule has 0 fully saturated rings. The van der Waals surface area contributed by atoms with Gasteiger partial charge < -0.3 is 10.5 Å². The SMILES string of the molecule is CCCC(C)C1(N)CCCc2ccc(OC)cc21. The predicted molar refractivity (Wildman–Crippen MR) is 75.9 cm³/mol. The first-order valence-corrected chi connectivity index (χ1v) is 7.08. The highest BCUT2D eigenvalue weighted by Crippen LogP contribution is 2.41. The van der Waals surface area contributed by atoms with Gasteiger partial charge in [-0.1, -0.05) is 26.3 Å². The number of aryl methyl sites for hydroxylation is 1. The summed E-state index contributed by atoms with van der Waals surface area (Å²) in [5, 5.41) is 0. The summed E-state index contributed by atoms with van der Waals surface area (Å²) in [6.07, 6.45) is 5.82. The molecule has 0 aromatic heterocycles. The van der Waals surface area contributed by atoms with E-state index in [0.717, 1.165) is 18.6 Å². The van der Waals surface area contributed by atoms with Crippen molar-refractivity contribution in [1.82, 2.24) is 0 Å². The summed E-state index contributed by atoms with van der Waals surface area (Å²) >= 11 is 0. The number of ether oxygens (including phenoxy) is 1. The Morgan fingerprint density at radius 3 is 2.89 bits per heavy atom. The summed E-state index contributed by atoms with van der Waals surface area (Å²) in [4.78, 5) is 0. The van der Waals surface area contributed by atoms with Gasteiger partial charge >= 0.3 is 0 Å². The molecule has 2 nitrogen and oxygen atoms in total. The van der Waals surface area contributed by atoms with Crippen LogP contribution in [0, 0.1) is 5.92 Å². The molecule has 1 aliphatic rings. The van der Waals surface area contributed by atoms with Gasteiger partial charge in [0.25, 0.3) is 0 Å². The molecule has 0 heterocycles. The fraction of sp³-hybridized carbons (Fsp3) is 0.625. The van der Waals surface area contributed by atoms with Gasteiger partial charge in [-0.05, 0) is 54.9 Å². The standard InChI is InChI=1S/C16H25NO/c1-4-6-12(2)16(17)10-5-7-13-8-9-14(18-3)11-15(13)16/h8-9,11-12H,4-7,10,17H2,1-3H3. The van der Waals surface area contributed by atoms with E-state index in [1.165, 1.54) is 30.4 Å². The van der Waals surface area contributed by atoms with Crippen LogP contribution < -0.4 is 10.5 Å². The first kappa shape index (κ1) is 13.4. The van der Waals surface area contributed by atoms with Gasteiger partial charge in [-0.25, -0.2) is 0 Å². The molecule has 1 aromatic rings. The van der Waals surface area contributed by atoms with E-state index < -0.39 is 0 Å². The molecule has 0 amide bonds. The highest BCUT2D eigenvalue weighted by molar-refractivity contribution is 5.42. The quantitative estimate of drug-likeness (QED) is 0.882. The molecule has 0 saturated heterocycles. The van der Waals surface area contributed by atoms with Crippen LogP contribution >= 0.6 is 0 Å². The topological polar surface area (TPSA) is 35.2 Å². The number of benzene rings is 1. The van der Waals surface area contributed by atoms with Gasteiger partial charge in [0.2, 0.25) is 0 Å². The van der Waals surface area contributed by atoms with Crippen molar-refractivity contribution in [2.45, 2.75) is 51.5 Å². The fourth-order valence-corrected chi connectivity index (χ4v) is 3.24. The largest absolute Gasteiger partial charge is 0.497 e. The van der Waals surface area contributed by atoms with Gasteiger partial charge in [0.1, 0.15) is 5.75 Å². The summed E-state index contributed by atoms with van der Waals surface area (Å²) in [5.74, 6) is 1.45. The summed E-state index contributed by atoms with van der Waals surface area (Å²) in [7, 11) is 1.72. The number of methoxy groups -OCH3 is 1. The van der Waals surface area contributed by atoms with E-state index >= 15 is 0 Å². The normalized spacial score (nSPS) is 24.4. The molecule has 1 aliphatic carbocycles. The maximum atomic E-state index is 6.77. The maximum Gasteiger partial charge on any atom is 0.119 e. The minimum absolute atomic E-state index is 0.169. The second-order valence-electron chi connectivity index (χ2n) is 5.61. The number of fused-ring (bicyclic) bond motifs is 1. The lowest BCUT2D eigenvalue weighted by Crippen LogP contribution is -2.45. The highest BCUT2D eigenvalue weighted by Gasteiger charge is 2.37.